The number of rotatable bonds is 8. The molecule has 0 bridgehead atoms. The van der Waals surface area contributed by atoms with Crippen molar-refractivity contribution < 1.29 is 14.2 Å². The number of hydrogen-bond acceptors (Lipinski definition) is 5. The van der Waals surface area contributed by atoms with Crippen LogP contribution in [0.2, 0.25) is 0 Å². The third kappa shape index (κ3) is 5.42. The Morgan fingerprint density at radius 3 is 2.65 bits per heavy atom. The maximum Gasteiger partial charge on any atom is 0.122 e. The number of nitrogens with one attached hydrogen (secondary N) is 1. The minimum atomic E-state index is 0.610. The highest BCUT2D eigenvalue weighted by Crippen LogP contribution is 2.21. The van der Waals surface area contributed by atoms with E-state index in [1.165, 1.54) is 0 Å². The average Bonchev–Trinajstić information content (AvgIpc) is 2.33. The summed E-state index contributed by atoms with van der Waals surface area (Å²) in [5, 5.41) is 3.21. The van der Waals surface area contributed by atoms with Crippen molar-refractivity contribution in [2.24, 2.45) is 0 Å². The zero-order valence-electron chi connectivity index (χ0n) is 10.4. The lowest BCUT2D eigenvalue weighted by Crippen LogP contribution is -2.12. The van der Waals surface area contributed by atoms with Crippen LogP contribution in [0, 0.1) is 0 Å². The number of methoxy groups -OCH3 is 2. The SMILES string of the molecule is COCCOCCNc1cc(N)cc(OC)c1. The molecule has 0 amide bonds. The first-order chi connectivity index (χ1) is 8.26. The molecule has 96 valence electrons. The molecule has 0 radical (unpaired) electrons. The van der Waals surface area contributed by atoms with Crippen LogP contribution in [0.1, 0.15) is 0 Å². The van der Waals surface area contributed by atoms with Gasteiger partial charge in [-0.15, -0.1) is 0 Å². The molecule has 0 fully saturated rings. The zero-order valence-corrected chi connectivity index (χ0v) is 10.4. The summed E-state index contributed by atoms with van der Waals surface area (Å²) in [5.41, 5.74) is 7.34. The molecule has 0 aromatic heterocycles. The van der Waals surface area contributed by atoms with Gasteiger partial charge in [0.2, 0.25) is 0 Å². The van der Waals surface area contributed by atoms with Gasteiger partial charge in [-0.05, 0) is 6.07 Å². The molecule has 0 spiro atoms. The average molecular weight is 240 g/mol. The van der Waals surface area contributed by atoms with Crippen molar-refractivity contribution in [1.29, 1.82) is 0 Å². The number of anilines is 2. The van der Waals surface area contributed by atoms with Gasteiger partial charge in [0.25, 0.3) is 0 Å². The van der Waals surface area contributed by atoms with Gasteiger partial charge in [0.15, 0.2) is 0 Å². The predicted molar refractivity (Wildman–Crippen MR) is 68.6 cm³/mol. The van der Waals surface area contributed by atoms with Crippen LogP contribution >= 0.6 is 0 Å². The number of nitrogens with two attached hydrogens (primary N) is 1. The molecule has 1 rings (SSSR count). The summed E-state index contributed by atoms with van der Waals surface area (Å²) in [6.45, 7) is 2.57. The Kier molecular flexibility index (Phi) is 6.21. The summed E-state index contributed by atoms with van der Waals surface area (Å²) in [6, 6.07) is 5.53. The highest BCUT2D eigenvalue weighted by molar-refractivity contribution is 5.59. The Hall–Kier alpha value is -1.46. The number of ether oxygens (including phenoxy) is 3. The Balaban J connectivity index is 2.28. The van der Waals surface area contributed by atoms with E-state index in [2.05, 4.69) is 5.32 Å². The van der Waals surface area contributed by atoms with Crippen LogP contribution in [-0.4, -0.2) is 40.6 Å². The zero-order chi connectivity index (χ0) is 12.5. The second kappa shape index (κ2) is 7.76. The van der Waals surface area contributed by atoms with E-state index in [1.807, 2.05) is 12.1 Å². The molecule has 0 saturated carbocycles. The minimum Gasteiger partial charge on any atom is -0.497 e. The minimum absolute atomic E-state index is 0.610. The summed E-state index contributed by atoms with van der Waals surface area (Å²) in [5.74, 6) is 0.743. The van der Waals surface area contributed by atoms with Gasteiger partial charge in [-0.2, -0.15) is 0 Å². The van der Waals surface area contributed by atoms with E-state index in [0.717, 1.165) is 18.0 Å². The fourth-order valence-electron chi connectivity index (χ4n) is 1.35. The topological polar surface area (TPSA) is 65.7 Å². The monoisotopic (exact) mass is 240 g/mol. The molecule has 0 aliphatic carbocycles. The fourth-order valence-corrected chi connectivity index (χ4v) is 1.35. The fraction of sp³-hybridized carbons (Fsp3) is 0.500. The maximum atomic E-state index is 5.74. The first kappa shape index (κ1) is 13.6. The summed E-state index contributed by atoms with van der Waals surface area (Å²) >= 11 is 0. The molecule has 0 aliphatic heterocycles. The Labute approximate surface area is 102 Å². The van der Waals surface area contributed by atoms with Crippen molar-refractivity contribution >= 4 is 11.4 Å². The van der Waals surface area contributed by atoms with Crippen molar-refractivity contribution in [2.45, 2.75) is 0 Å². The van der Waals surface area contributed by atoms with Gasteiger partial charge in [0.05, 0.1) is 26.9 Å². The van der Waals surface area contributed by atoms with E-state index in [9.17, 15) is 0 Å². The molecular formula is C12H20N2O3. The standard InChI is InChI=1S/C12H20N2O3/c1-15-5-6-17-4-3-14-11-7-10(13)8-12(9-11)16-2/h7-9,14H,3-6,13H2,1-2H3. The Morgan fingerprint density at radius 2 is 1.94 bits per heavy atom. The largest absolute Gasteiger partial charge is 0.497 e. The summed E-state index contributed by atoms with van der Waals surface area (Å²) in [4.78, 5) is 0. The molecule has 0 atom stereocenters. The predicted octanol–water partition coefficient (Wildman–Crippen LogP) is 1.35. The van der Waals surface area contributed by atoms with E-state index in [4.69, 9.17) is 19.9 Å². The van der Waals surface area contributed by atoms with Crippen molar-refractivity contribution in [2.75, 3.05) is 51.6 Å². The first-order valence-corrected chi connectivity index (χ1v) is 5.51. The van der Waals surface area contributed by atoms with Gasteiger partial charge in [0.1, 0.15) is 5.75 Å². The van der Waals surface area contributed by atoms with Gasteiger partial charge in [-0.3, -0.25) is 0 Å². The number of nitrogen functional groups attached to an aromatic ring is 1. The van der Waals surface area contributed by atoms with Gasteiger partial charge in [-0.1, -0.05) is 0 Å². The third-order valence-corrected chi connectivity index (χ3v) is 2.17. The normalized spacial score (nSPS) is 10.2. The van der Waals surface area contributed by atoms with E-state index in [1.54, 1.807) is 20.3 Å². The Morgan fingerprint density at radius 1 is 1.12 bits per heavy atom. The van der Waals surface area contributed by atoms with Crippen LogP contribution < -0.4 is 15.8 Å². The second-order valence-corrected chi connectivity index (χ2v) is 3.53. The maximum absolute atomic E-state index is 5.74. The third-order valence-electron chi connectivity index (χ3n) is 2.17. The Bertz CT molecular complexity index is 332. The van der Waals surface area contributed by atoms with Crippen LogP contribution in [0.25, 0.3) is 0 Å². The van der Waals surface area contributed by atoms with E-state index >= 15 is 0 Å². The van der Waals surface area contributed by atoms with E-state index < -0.39 is 0 Å². The second-order valence-electron chi connectivity index (χ2n) is 3.53. The van der Waals surface area contributed by atoms with Gasteiger partial charge in [0, 0.05) is 37.2 Å². The van der Waals surface area contributed by atoms with Gasteiger partial charge < -0.3 is 25.3 Å². The van der Waals surface area contributed by atoms with E-state index in [0.29, 0.717) is 25.5 Å². The van der Waals surface area contributed by atoms with Crippen molar-refractivity contribution in [3.05, 3.63) is 18.2 Å². The highest BCUT2D eigenvalue weighted by atomic mass is 16.5. The van der Waals surface area contributed by atoms with Crippen LogP contribution in [0.3, 0.4) is 0 Å². The van der Waals surface area contributed by atoms with Crippen molar-refractivity contribution in [3.63, 3.8) is 0 Å². The molecule has 0 aliphatic rings. The van der Waals surface area contributed by atoms with Crippen LogP contribution in [0.15, 0.2) is 18.2 Å². The molecule has 0 saturated heterocycles. The lowest BCUT2D eigenvalue weighted by Gasteiger charge is -2.09. The van der Waals surface area contributed by atoms with Crippen molar-refractivity contribution in [1.82, 2.24) is 0 Å². The van der Waals surface area contributed by atoms with Crippen LogP contribution in [0.4, 0.5) is 11.4 Å². The molecule has 5 heteroatoms. The highest BCUT2D eigenvalue weighted by Gasteiger charge is 1.98. The molecular weight excluding hydrogens is 220 g/mol. The molecule has 3 N–H and O–H groups in total. The summed E-state index contributed by atoms with van der Waals surface area (Å²) in [6.07, 6.45) is 0. The van der Waals surface area contributed by atoms with Crippen LogP contribution in [0.5, 0.6) is 5.75 Å². The number of hydrogen-bond donors (Lipinski definition) is 2. The lowest BCUT2D eigenvalue weighted by molar-refractivity contribution is 0.0759. The lowest BCUT2D eigenvalue weighted by atomic mass is 10.2. The van der Waals surface area contributed by atoms with E-state index in [-0.39, 0.29) is 0 Å². The molecule has 0 unspecified atom stereocenters. The molecule has 0 heterocycles. The molecule has 5 nitrogen and oxygen atoms in total. The van der Waals surface area contributed by atoms with Gasteiger partial charge >= 0.3 is 0 Å². The summed E-state index contributed by atoms with van der Waals surface area (Å²) < 4.78 is 15.3. The van der Waals surface area contributed by atoms with Gasteiger partial charge in [-0.25, -0.2) is 0 Å². The quantitative estimate of drug-likeness (QED) is 0.530. The molecule has 1 aromatic carbocycles. The number of benzene rings is 1. The molecule has 17 heavy (non-hydrogen) atoms. The van der Waals surface area contributed by atoms with Crippen molar-refractivity contribution in [3.8, 4) is 5.75 Å². The first-order valence-electron chi connectivity index (χ1n) is 5.51. The molecule has 1 aromatic rings. The van der Waals surface area contributed by atoms with Crippen LogP contribution in [-0.2, 0) is 9.47 Å². The smallest absolute Gasteiger partial charge is 0.122 e. The summed E-state index contributed by atoms with van der Waals surface area (Å²) in [7, 11) is 3.27.